The molecule has 5 aromatic rings. The number of aliphatic imine (C=N–C) groups is 1. The molecule has 0 aliphatic carbocycles. The molecule has 0 fully saturated rings. The Kier molecular flexibility index (Phi) is 30.7. The van der Waals surface area contributed by atoms with Crippen molar-refractivity contribution in [2.24, 2.45) is 4.99 Å². The Morgan fingerprint density at radius 2 is 1.07 bits per heavy atom. The molecule has 0 bridgehead atoms. The monoisotopic (exact) mass is 1190 g/mol. The summed E-state index contributed by atoms with van der Waals surface area (Å²) in [4.78, 5) is 36.3. The first-order chi connectivity index (χ1) is 41.1. The fourth-order valence-corrected chi connectivity index (χ4v) is 9.52. The van der Waals surface area contributed by atoms with Gasteiger partial charge in [0.2, 0.25) is 10.0 Å². The van der Waals surface area contributed by atoms with Crippen LogP contribution in [0.5, 0.6) is 0 Å². The summed E-state index contributed by atoms with van der Waals surface area (Å²) < 4.78 is 85.6. The third-order valence-electron chi connectivity index (χ3n) is 12.6. The first kappa shape index (κ1) is 66.8. The van der Waals surface area contributed by atoms with E-state index in [-0.39, 0.29) is 50.0 Å². The van der Waals surface area contributed by atoms with E-state index >= 15 is 0 Å². The molecule has 23 heteroatoms. The minimum Gasteiger partial charge on any atom is -0.481 e. The topological polar surface area (TPSA) is 248 Å². The number of rotatable bonds is 45. The zero-order valence-corrected chi connectivity index (χ0v) is 49.1. The van der Waals surface area contributed by atoms with Crippen LogP contribution in [0.4, 0.5) is 5.69 Å². The Balaban J connectivity index is 0.875. The molecule has 0 unspecified atom stereocenters. The molecule has 1 aliphatic rings. The molecular weight excluding hydrogens is 1100 g/mol. The molecule has 2 heterocycles. The van der Waals surface area contributed by atoms with Crippen LogP contribution in [-0.4, -0.2) is 198 Å². The first-order valence-corrected chi connectivity index (χ1v) is 30.0. The highest BCUT2D eigenvalue weighted by atomic mass is 32.2. The minimum absolute atomic E-state index is 0.0201. The second kappa shape index (κ2) is 38.6. The number of fused-ring (bicyclic) bond motifs is 1. The number of hydrogen-bond acceptors (Lipinski definition) is 17. The van der Waals surface area contributed by atoms with E-state index in [9.17, 15) is 18.0 Å². The number of aliphatic carboxylic acids is 1. The number of amidine groups is 1. The number of carboxylic acids is 1. The van der Waals surface area contributed by atoms with Crippen molar-refractivity contribution in [1.82, 2.24) is 19.6 Å². The zero-order chi connectivity index (χ0) is 59.3. The van der Waals surface area contributed by atoms with Crippen LogP contribution in [0.25, 0.3) is 11.8 Å². The second-order valence-corrected chi connectivity index (χ2v) is 20.5. The van der Waals surface area contributed by atoms with E-state index in [0.717, 1.165) is 22.3 Å². The van der Waals surface area contributed by atoms with Crippen LogP contribution in [0, 0.1) is 0 Å². The normalized spacial score (nSPS) is 13.1. The highest BCUT2D eigenvalue weighted by Crippen LogP contribution is 2.42. The van der Waals surface area contributed by atoms with E-state index in [1.807, 2.05) is 92.7 Å². The number of carbonyl (C=O) groups excluding carboxylic acids is 1. The third-order valence-corrected chi connectivity index (χ3v) is 14.0. The maximum Gasteiger partial charge on any atom is 0.305 e. The lowest BCUT2D eigenvalue weighted by molar-refractivity contribution is -0.180. The standard InChI is InChI=1S/C61H82N6O16S/c1-3-24-67(83-4-2)60(70)51-45-50-20-21-55(47-57(50)64-58(46-51)65-61(52-14-8-5-9-15-52,53-16-10-6-11-17-53)54-18-12-7-13-19-54)66-49-56(48-62-66)84(71,72)63-23-26-74-28-30-76-32-34-78-36-38-80-40-42-82-44-43-81-41-39-79-37-35-77-33-31-75-29-27-73-25-22-59(68)69/h5-21,45,47-49,63H,3-4,22-44,46H2,1-2H3,(H,64,65)(H,68,69). The highest BCUT2D eigenvalue weighted by Gasteiger charge is 2.37. The van der Waals surface area contributed by atoms with Gasteiger partial charge in [-0.2, -0.15) is 5.10 Å². The van der Waals surface area contributed by atoms with Gasteiger partial charge in [0, 0.05) is 30.8 Å². The second-order valence-electron chi connectivity index (χ2n) is 18.7. The fraction of sp³-hybridized carbons (Fsp3) is 0.475. The lowest BCUT2D eigenvalue weighted by Crippen LogP contribution is -2.34. The average molecular weight is 1190 g/mol. The number of aromatic nitrogens is 2. The number of carbonyl (C=O) groups is 2. The lowest BCUT2D eigenvalue weighted by Gasteiger charge is -2.33. The van der Waals surface area contributed by atoms with Crippen molar-refractivity contribution >= 4 is 39.5 Å². The van der Waals surface area contributed by atoms with Crippen LogP contribution in [0.15, 0.2) is 137 Å². The fourth-order valence-electron chi connectivity index (χ4n) is 8.58. The molecule has 22 nitrogen and oxygen atoms in total. The van der Waals surface area contributed by atoms with E-state index in [1.54, 1.807) is 0 Å². The number of amides is 1. The van der Waals surface area contributed by atoms with Gasteiger partial charge in [0.25, 0.3) is 5.91 Å². The van der Waals surface area contributed by atoms with Gasteiger partial charge in [-0.15, -0.1) is 0 Å². The van der Waals surface area contributed by atoms with Gasteiger partial charge in [0.05, 0.1) is 163 Å². The number of sulfonamides is 1. The molecule has 0 atom stereocenters. The summed E-state index contributed by atoms with van der Waals surface area (Å²) in [6, 6.07) is 35.8. The molecule has 1 aromatic heterocycles. The summed E-state index contributed by atoms with van der Waals surface area (Å²) in [6.45, 7) is 12.2. The average Bonchev–Trinajstić information content (AvgIpc) is 1.47. The van der Waals surface area contributed by atoms with Crippen molar-refractivity contribution in [2.75, 3.05) is 157 Å². The smallest absolute Gasteiger partial charge is 0.305 e. The van der Waals surface area contributed by atoms with Crippen LogP contribution in [-0.2, 0) is 77.4 Å². The van der Waals surface area contributed by atoms with E-state index in [4.69, 9.17) is 62.3 Å². The van der Waals surface area contributed by atoms with Crippen LogP contribution in [0.3, 0.4) is 0 Å². The third kappa shape index (κ3) is 22.9. The molecule has 84 heavy (non-hydrogen) atoms. The van der Waals surface area contributed by atoms with Crippen molar-refractivity contribution in [2.45, 2.75) is 43.5 Å². The molecule has 0 radical (unpaired) electrons. The van der Waals surface area contributed by atoms with Crippen molar-refractivity contribution in [3.8, 4) is 5.69 Å². The number of hydroxylamine groups is 2. The summed E-state index contributed by atoms with van der Waals surface area (Å²) >= 11 is 0. The Bertz CT molecular complexity index is 2720. The number of anilines is 1. The van der Waals surface area contributed by atoms with Gasteiger partial charge in [-0.05, 0) is 53.8 Å². The van der Waals surface area contributed by atoms with Gasteiger partial charge >= 0.3 is 5.97 Å². The predicted octanol–water partition coefficient (Wildman–Crippen LogP) is 6.57. The lowest BCUT2D eigenvalue weighted by atomic mass is 9.77. The Labute approximate surface area is 493 Å². The van der Waals surface area contributed by atoms with Crippen LogP contribution in [0.2, 0.25) is 0 Å². The van der Waals surface area contributed by atoms with Gasteiger partial charge < -0.3 is 57.8 Å². The molecule has 0 saturated heterocycles. The van der Waals surface area contributed by atoms with Crippen LogP contribution < -0.4 is 10.0 Å². The molecular formula is C61H82N6O16S. The predicted molar refractivity (Wildman–Crippen MR) is 316 cm³/mol. The SMILES string of the molecule is CCCN(OCC)C(=O)C1=Cc2ccc(-n3cc(S(=O)(=O)NCCOCCOCCOCCOCCOCCOCCOCCOCCOCCOCCC(=O)O)cn3)cc2NC(=NC(c2ccccc2)(c2ccccc2)c2ccccc2)C1. The minimum atomic E-state index is -3.95. The Hall–Kier alpha value is -6.29. The van der Waals surface area contributed by atoms with Crippen molar-refractivity contribution in [3.63, 3.8) is 0 Å². The zero-order valence-electron chi connectivity index (χ0n) is 48.3. The molecule has 458 valence electrons. The van der Waals surface area contributed by atoms with Gasteiger partial charge in [-0.1, -0.05) is 104 Å². The molecule has 3 N–H and O–H groups in total. The highest BCUT2D eigenvalue weighted by molar-refractivity contribution is 7.89. The summed E-state index contributed by atoms with van der Waals surface area (Å²) in [5.41, 5.74) is 4.19. The maximum atomic E-state index is 14.4. The van der Waals surface area contributed by atoms with Crippen LogP contribution >= 0.6 is 0 Å². The summed E-state index contributed by atoms with van der Waals surface area (Å²) in [5.74, 6) is -0.625. The van der Waals surface area contributed by atoms with Gasteiger partial charge in [-0.25, -0.2) is 22.9 Å². The van der Waals surface area contributed by atoms with Crippen molar-refractivity contribution < 1.29 is 75.3 Å². The number of ether oxygens (including phenoxy) is 10. The van der Waals surface area contributed by atoms with Crippen molar-refractivity contribution in [1.29, 1.82) is 0 Å². The maximum absolute atomic E-state index is 14.4. The van der Waals surface area contributed by atoms with Gasteiger partial charge in [0.1, 0.15) is 16.3 Å². The number of hydrogen-bond donors (Lipinski definition) is 3. The Morgan fingerprint density at radius 1 is 0.631 bits per heavy atom. The summed E-state index contributed by atoms with van der Waals surface area (Å²) in [5, 5.41) is 18.0. The number of nitrogens with zero attached hydrogens (tertiary/aromatic N) is 4. The summed E-state index contributed by atoms with van der Waals surface area (Å²) in [7, 11) is -3.95. The van der Waals surface area contributed by atoms with E-state index < -0.39 is 21.5 Å². The first-order valence-electron chi connectivity index (χ1n) is 28.5. The molecule has 1 amide bonds. The van der Waals surface area contributed by atoms with Crippen molar-refractivity contribution in [3.05, 3.63) is 149 Å². The molecule has 4 aromatic carbocycles. The largest absolute Gasteiger partial charge is 0.481 e. The van der Waals surface area contributed by atoms with Crippen LogP contribution in [0.1, 0.15) is 55.4 Å². The molecule has 0 spiro atoms. The molecule has 0 saturated carbocycles. The number of carboxylic acid groups (broad SMARTS) is 1. The number of nitrogens with one attached hydrogen (secondary N) is 2. The van der Waals surface area contributed by atoms with E-state index in [0.29, 0.717) is 155 Å². The van der Waals surface area contributed by atoms with E-state index in [2.05, 4.69) is 51.5 Å². The van der Waals surface area contributed by atoms with Gasteiger partial charge in [-0.3, -0.25) is 19.4 Å². The number of benzene rings is 4. The quantitative estimate of drug-likeness (QED) is 0.0212. The molecule has 6 rings (SSSR count). The Morgan fingerprint density at radius 3 is 1.50 bits per heavy atom. The van der Waals surface area contributed by atoms with Gasteiger partial charge in [0.15, 0.2) is 0 Å². The van der Waals surface area contributed by atoms with E-state index in [1.165, 1.54) is 22.1 Å². The molecule has 1 aliphatic heterocycles. The summed E-state index contributed by atoms with van der Waals surface area (Å²) in [6.07, 6.45) is 5.44.